The second kappa shape index (κ2) is 4.00. The van der Waals surface area contributed by atoms with Crippen molar-refractivity contribution in [3.63, 3.8) is 0 Å². The first-order valence-corrected chi connectivity index (χ1v) is 6.05. The third-order valence-electron chi connectivity index (χ3n) is 4.20. The molecule has 88 valence electrons. The van der Waals surface area contributed by atoms with Gasteiger partial charge in [-0.2, -0.15) is 0 Å². The molecule has 2 aliphatic rings. The Kier molecular flexibility index (Phi) is 3.02. The van der Waals surface area contributed by atoms with Gasteiger partial charge in [0.15, 0.2) is 0 Å². The maximum Gasteiger partial charge on any atom is 0.241 e. The summed E-state index contributed by atoms with van der Waals surface area (Å²) < 4.78 is 25.8. The summed E-state index contributed by atoms with van der Waals surface area (Å²) in [7, 11) is 0. The molecule has 0 spiro atoms. The van der Waals surface area contributed by atoms with Gasteiger partial charge in [-0.05, 0) is 44.4 Å². The molecule has 4 atom stereocenters. The number of halogens is 2. The molecule has 4 unspecified atom stereocenters. The van der Waals surface area contributed by atoms with Crippen molar-refractivity contribution < 1.29 is 8.78 Å². The topological polar surface area (TPSA) is 26.0 Å². The first-order valence-electron chi connectivity index (χ1n) is 6.05. The molecule has 0 aromatic rings. The van der Waals surface area contributed by atoms with Crippen molar-refractivity contribution in [2.75, 3.05) is 0 Å². The second-order valence-corrected chi connectivity index (χ2v) is 5.85. The quantitative estimate of drug-likeness (QED) is 0.717. The molecule has 2 rings (SSSR count). The zero-order valence-electron chi connectivity index (χ0n) is 9.39. The van der Waals surface area contributed by atoms with Crippen molar-refractivity contribution in [3.05, 3.63) is 0 Å². The number of alkyl halides is 2. The molecule has 0 radical (unpaired) electrons. The van der Waals surface area contributed by atoms with Crippen molar-refractivity contribution in [1.29, 1.82) is 0 Å². The predicted molar refractivity (Wildman–Crippen MR) is 56.8 cm³/mol. The van der Waals surface area contributed by atoms with Crippen LogP contribution in [0.4, 0.5) is 8.78 Å². The predicted octanol–water partition coefficient (Wildman–Crippen LogP) is 3.19. The van der Waals surface area contributed by atoms with Gasteiger partial charge >= 0.3 is 0 Å². The van der Waals surface area contributed by atoms with Gasteiger partial charge in [0, 0.05) is 11.5 Å². The lowest BCUT2D eigenvalue weighted by atomic mass is 9.69. The van der Waals surface area contributed by atoms with Gasteiger partial charge in [-0.15, -0.1) is 0 Å². The summed E-state index contributed by atoms with van der Waals surface area (Å²) in [6.07, 6.45) is 3.43. The molecule has 2 N–H and O–H groups in total. The zero-order valence-corrected chi connectivity index (χ0v) is 9.39. The smallest absolute Gasteiger partial charge is 0.241 e. The van der Waals surface area contributed by atoms with E-state index < -0.39 is 12.3 Å². The van der Waals surface area contributed by atoms with Crippen LogP contribution in [0.25, 0.3) is 0 Å². The fraction of sp³-hybridized carbons (Fsp3) is 1.00. The van der Waals surface area contributed by atoms with Gasteiger partial charge in [0.1, 0.15) is 0 Å². The van der Waals surface area contributed by atoms with E-state index in [-0.39, 0.29) is 11.5 Å². The molecule has 0 aromatic heterocycles. The molecular formula is C12H21F2N. The number of hydrogen-bond donors (Lipinski definition) is 1. The summed E-state index contributed by atoms with van der Waals surface area (Å²) in [5, 5.41) is 0. The summed E-state index contributed by atoms with van der Waals surface area (Å²) in [6, 6.07) is 0. The fourth-order valence-electron chi connectivity index (χ4n) is 3.69. The van der Waals surface area contributed by atoms with E-state index in [1.807, 2.05) is 6.92 Å². The van der Waals surface area contributed by atoms with E-state index in [1.165, 1.54) is 0 Å². The number of hydrogen-bond acceptors (Lipinski definition) is 1. The normalized spacial score (nSPS) is 46.6. The van der Waals surface area contributed by atoms with Crippen LogP contribution in [-0.4, -0.2) is 12.0 Å². The van der Waals surface area contributed by atoms with Crippen LogP contribution in [0.5, 0.6) is 0 Å². The van der Waals surface area contributed by atoms with Crippen molar-refractivity contribution in [1.82, 2.24) is 0 Å². The van der Waals surface area contributed by atoms with Gasteiger partial charge in [0.05, 0.1) is 0 Å². The van der Waals surface area contributed by atoms with Crippen LogP contribution in [0.15, 0.2) is 0 Å². The Labute approximate surface area is 90.4 Å². The summed E-state index contributed by atoms with van der Waals surface area (Å²) >= 11 is 0. The van der Waals surface area contributed by atoms with Gasteiger partial charge in [0.2, 0.25) is 6.43 Å². The lowest BCUT2D eigenvalue weighted by Crippen LogP contribution is -2.45. The van der Waals surface area contributed by atoms with Crippen LogP contribution >= 0.6 is 0 Å². The van der Waals surface area contributed by atoms with Crippen LogP contribution in [0.1, 0.15) is 45.4 Å². The molecule has 2 aliphatic carbocycles. The molecular weight excluding hydrogens is 196 g/mol. The Morgan fingerprint density at radius 3 is 2.67 bits per heavy atom. The standard InChI is InChI=1S/C12H21F2N/c1-12(15)6-8-3-2-4-10(11(13)14)9(5-8)7-12/h8-11H,2-7,15H2,1H3. The highest BCUT2D eigenvalue weighted by atomic mass is 19.3. The Morgan fingerprint density at radius 2 is 2.00 bits per heavy atom. The van der Waals surface area contributed by atoms with Gasteiger partial charge in [-0.1, -0.05) is 12.8 Å². The molecule has 1 nitrogen and oxygen atoms in total. The highest BCUT2D eigenvalue weighted by molar-refractivity contribution is 4.94. The second-order valence-electron chi connectivity index (χ2n) is 5.85. The van der Waals surface area contributed by atoms with Gasteiger partial charge < -0.3 is 5.73 Å². The molecule has 2 fully saturated rings. The minimum Gasteiger partial charge on any atom is -0.325 e. The van der Waals surface area contributed by atoms with Crippen molar-refractivity contribution in [2.24, 2.45) is 23.5 Å². The highest BCUT2D eigenvalue weighted by Gasteiger charge is 2.42. The average Bonchev–Trinajstić information content (AvgIpc) is 2.22. The molecule has 0 amide bonds. The van der Waals surface area contributed by atoms with E-state index >= 15 is 0 Å². The minimum atomic E-state index is -2.15. The Balaban J connectivity index is 2.13. The van der Waals surface area contributed by atoms with Crippen LogP contribution in [0.3, 0.4) is 0 Å². The third kappa shape index (κ3) is 2.49. The molecule has 2 saturated carbocycles. The summed E-state index contributed by atoms with van der Waals surface area (Å²) in [6.45, 7) is 2.03. The van der Waals surface area contributed by atoms with Crippen molar-refractivity contribution in [2.45, 2.75) is 57.4 Å². The molecule has 15 heavy (non-hydrogen) atoms. The van der Waals surface area contributed by atoms with E-state index in [1.54, 1.807) is 0 Å². The highest BCUT2D eigenvalue weighted by Crippen LogP contribution is 2.46. The Morgan fingerprint density at radius 1 is 1.27 bits per heavy atom. The molecule has 0 aliphatic heterocycles. The minimum absolute atomic E-state index is 0.168. The van der Waals surface area contributed by atoms with Gasteiger partial charge in [-0.3, -0.25) is 0 Å². The molecule has 0 saturated heterocycles. The molecule has 2 bridgehead atoms. The monoisotopic (exact) mass is 217 g/mol. The van der Waals surface area contributed by atoms with Gasteiger partial charge in [-0.25, -0.2) is 8.78 Å². The lowest BCUT2D eigenvalue weighted by Gasteiger charge is -2.41. The first-order chi connectivity index (χ1) is 6.98. The van der Waals surface area contributed by atoms with E-state index in [2.05, 4.69) is 0 Å². The maximum atomic E-state index is 12.9. The van der Waals surface area contributed by atoms with E-state index in [9.17, 15) is 8.78 Å². The fourth-order valence-corrected chi connectivity index (χ4v) is 3.69. The lowest BCUT2D eigenvalue weighted by molar-refractivity contribution is 0.0169. The van der Waals surface area contributed by atoms with E-state index in [4.69, 9.17) is 5.73 Å². The van der Waals surface area contributed by atoms with E-state index in [0.29, 0.717) is 12.3 Å². The zero-order chi connectivity index (χ0) is 11.1. The van der Waals surface area contributed by atoms with Crippen LogP contribution < -0.4 is 5.73 Å². The number of fused-ring (bicyclic) bond motifs is 2. The average molecular weight is 217 g/mol. The number of nitrogens with two attached hydrogens (primary N) is 1. The summed E-state index contributed by atoms with van der Waals surface area (Å²) in [5.41, 5.74) is 5.95. The van der Waals surface area contributed by atoms with Crippen molar-refractivity contribution >= 4 is 0 Å². The SMILES string of the molecule is CC1(N)CC2CCCC(C(F)F)C(C2)C1. The third-order valence-corrected chi connectivity index (χ3v) is 4.20. The van der Waals surface area contributed by atoms with Crippen molar-refractivity contribution in [3.8, 4) is 0 Å². The number of rotatable bonds is 1. The Hall–Kier alpha value is -0.180. The largest absolute Gasteiger partial charge is 0.325 e. The summed E-state index contributed by atoms with van der Waals surface area (Å²) in [4.78, 5) is 0. The molecule has 3 heteroatoms. The molecule has 0 aromatic carbocycles. The van der Waals surface area contributed by atoms with Gasteiger partial charge in [0.25, 0.3) is 0 Å². The molecule has 0 heterocycles. The Bertz CT molecular complexity index is 228. The maximum absolute atomic E-state index is 12.9. The summed E-state index contributed by atoms with van der Waals surface area (Å²) in [5.74, 6) is 0.377. The van der Waals surface area contributed by atoms with Crippen LogP contribution in [0.2, 0.25) is 0 Å². The van der Waals surface area contributed by atoms with E-state index in [0.717, 1.165) is 32.1 Å². The van der Waals surface area contributed by atoms with Crippen LogP contribution in [-0.2, 0) is 0 Å². The van der Waals surface area contributed by atoms with Crippen LogP contribution in [0, 0.1) is 17.8 Å². The first kappa shape index (κ1) is 11.3.